The summed E-state index contributed by atoms with van der Waals surface area (Å²) in [6.45, 7) is 10.4. The second-order valence-electron chi connectivity index (χ2n) is 13.6. The van der Waals surface area contributed by atoms with Gasteiger partial charge in [-0.3, -0.25) is 14.4 Å². The van der Waals surface area contributed by atoms with Gasteiger partial charge in [0.05, 0.1) is 0 Å². The summed E-state index contributed by atoms with van der Waals surface area (Å²) in [5.41, 5.74) is 0. The van der Waals surface area contributed by atoms with Crippen molar-refractivity contribution in [1.82, 2.24) is 9.80 Å². The van der Waals surface area contributed by atoms with Gasteiger partial charge >= 0.3 is 11.9 Å². The molecule has 46 heavy (non-hydrogen) atoms. The van der Waals surface area contributed by atoms with Crippen LogP contribution in [0.5, 0.6) is 0 Å². The van der Waals surface area contributed by atoms with Gasteiger partial charge in [0.2, 0.25) is 0 Å². The van der Waals surface area contributed by atoms with E-state index in [1.807, 2.05) is 14.1 Å². The largest absolute Gasteiger partial charge is 0.461 e. The highest BCUT2D eigenvalue weighted by atomic mass is 32.2. The maximum atomic E-state index is 13.4. The second kappa shape index (κ2) is 31.0. The number of carbonyl (C=O) groups is 3. The van der Waals surface area contributed by atoms with E-state index in [2.05, 4.69) is 39.5 Å². The summed E-state index contributed by atoms with van der Waals surface area (Å²) in [4.78, 5) is 43.4. The Kier molecular flexibility index (Phi) is 30.2. The summed E-state index contributed by atoms with van der Waals surface area (Å²) in [6.07, 6.45) is 23.8. The topological polar surface area (TPSA) is 76.1 Å². The van der Waals surface area contributed by atoms with Gasteiger partial charge in [-0.05, 0) is 72.4 Å². The number of carbonyl (C=O) groups excluding carboxylic acids is 3. The highest BCUT2D eigenvalue weighted by Gasteiger charge is 2.26. The first-order valence-electron chi connectivity index (χ1n) is 19.1. The van der Waals surface area contributed by atoms with E-state index in [0.29, 0.717) is 5.75 Å². The molecule has 0 aromatic heterocycles. The minimum absolute atomic E-state index is 0.142. The predicted octanol–water partition coefficient (Wildman–Crippen LogP) is 10.6. The summed E-state index contributed by atoms with van der Waals surface area (Å²) in [7, 11) is 3.96. The number of nitrogens with zero attached hydrogens (tertiary/aromatic N) is 2. The number of hydrogen-bond acceptors (Lipinski definition) is 7. The standard InChI is InChI=1S/C38H74N2O5S/c1-8-12-16-20-24-28-34(26-22-18-14-10-3)44-36(41)30-40(38(43)46-32-33(5)39(6)7)31-37(42)45-35(27-23-19-15-11-4)29-25-21-17-13-9-2/h33-35H,8-32H2,1-7H3. The molecule has 3 atom stereocenters. The van der Waals surface area contributed by atoms with Gasteiger partial charge in [-0.25, -0.2) is 0 Å². The van der Waals surface area contributed by atoms with Crippen molar-refractivity contribution < 1.29 is 23.9 Å². The Hall–Kier alpha value is -1.28. The number of unbranched alkanes of at least 4 members (excludes halogenated alkanes) is 14. The van der Waals surface area contributed by atoms with Gasteiger partial charge in [0.25, 0.3) is 5.24 Å². The molecule has 0 rings (SSSR count). The molecule has 0 bridgehead atoms. The third-order valence-electron chi connectivity index (χ3n) is 8.84. The molecule has 0 aliphatic carbocycles. The van der Waals surface area contributed by atoms with Crippen LogP contribution in [0, 0.1) is 0 Å². The van der Waals surface area contributed by atoms with Crippen LogP contribution in [-0.4, -0.2) is 78.2 Å². The lowest BCUT2D eigenvalue weighted by Gasteiger charge is -2.25. The van der Waals surface area contributed by atoms with E-state index < -0.39 is 11.9 Å². The molecule has 0 radical (unpaired) electrons. The van der Waals surface area contributed by atoms with Crippen LogP contribution >= 0.6 is 11.8 Å². The van der Waals surface area contributed by atoms with E-state index in [9.17, 15) is 14.4 Å². The van der Waals surface area contributed by atoms with Crippen molar-refractivity contribution in [1.29, 1.82) is 0 Å². The van der Waals surface area contributed by atoms with Crippen molar-refractivity contribution in [2.45, 2.75) is 194 Å². The first-order chi connectivity index (χ1) is 22.2. The number of rotatable bonds is 31. The maximum Gasteiger partial charge on any atom is 0.325 e. The van der Waals surface area contributed by atoms with Crippen LogP contribution in [0.15, 0.2) is 0 Å². The van der Waals surface area contributed by atoms with Crippen molar-refractivity contribution in [3.63, 3.8) is 0 Å². The van der Waals surface area contributed by atoms with Crippen LogP contribution < -0.4 is 0 Å². The Morgan fingerprint density at radius 2 is 0.870 bits per heavy atom. The number of amides is 1. The van der Waals surface area contributed by atoms with Gasteiger partial charge in [0, 0.05) is 11.8 Å². The van der Waals surface area contributed by atoms with E-state index in [-0.39, 0.29) is 36.6 Å². The lowest BCUT2D eigenvalue weighted by Crippen LogP contribution is -2.41. The normalized spacial score (nSPS) is 13.4. The fraction of sp³-hybridized carbons (Fsp3) is 0.921. The molecule has 7 nitrogen and oxygen atoms in total. The fourth-order valence-electron chi connectivity index (χ4n) is 5.45. The van der Waals surface area contributed by atoms with Crippen LogP contribution in [0.4, 0.5) is 4.79 Å². The quantitative estimate of drug-likeness (QED) is 0.0536. The second-order valence-corrected chi connectivity index (χ2v) is 14.5. The monoisotopic (exact) mass is 671 g/mol. The van der Waals surface area contributed by atoms with Gasteiger partial charge in [-0.2, -0.15) is 0 Å². The van der Waals surface area contributed by atoms with E-state index in [4.69, 9.17) is 9.47 Å². The van der Waals surface area contributed by atoms with Crippen LogP contribution in [0.2, 0.25) is 0 Å². The molecule has 0 N–H and O–H groups in total. The van der Waals surface area contributed by atoms with Crippen molar-refractivity contribution in [2.75, 3.05) is 32.9 Å². The number of ether oxygens (including phenoxy) is 2. The Balaban J connectivity index is 5.48. The number of thioether (sulfide) groups is 1. The van der Waals surface area contributed by atoms with E-state index in [1.54, 1.807) is 0 Å². The minimum atomic E-state index is -0.427. The molecule has 0 spiro atoms. The zero-order chi connectivity index (χ0) is 34.4. The maximum absolute atomic E-state index is 13.4. The molecule has 0 aromatic rings. The summed E-state index contributed by atoms with van der Waals surface area (Å²) in [5, 5.41) is -0.277. The SMILES string of the molecule is CCCCCCCC(CCCCCC)OC(=O)CN(CC(=O)OC(CCCCCC)CCCCCCC)C(=O)SCC(C)N(C)C. The molecule has 0 aromatic carbocycles. The Bertz CT molecular complexity index is 705. The first-order valence-corrected chi connectivity index (χ1v) is 20.1. The average molecular weight is 671 g/mol. The molecule has 0 fully saturated rings. The zero-order valence-corrected chi connectivity index (χ0v) is 32.1. The number of hydrogen-bond donors (Lipinski definition) is 0. The lowest BCUT2D eigenvalue weighted by molar-refractivity contribution is -0.153. The molecule has 0 saturated heterocycles. The number of esters is 2. The minimum Gasteiger partial charge on any atom is -0.461 e. The van der Waals surface area contributed by atoms with Crippen molar-refractivity contribution in [2.24, 2.45) is 0 Å². The Morgan fingerprint density at radius 3 is 1.20 bits per heavy atom. The Labute approximate surface area is 289 Å². The van der Waals surface area contributed by atoms with Gasteiger partial charge in [-0.15, -0.1) is 0 Å². The molecule has 0 heterocycles. The molecular formula is C38H74N2O5S. The van der Waals surface area contributed by atoms with Gasteiger partial charge < -0.3 is 19.3 Å². The van der Waals surface area contributed by atoms with Crippen molar-refractivity contribution in [3.05, 3.63) is 0 Å². The molecule has 1 amide bonds. The summed E-state index contributed by atoms with van der Waals surface area (Å²) in [6, 6.07) is 0.176. The zero-order valence-electron chi connectivity index (χ0n) is 31.3. The van der Waals surface area contributed by atoms with Crippen LogP contribution in [0.1, 0.15) is 176 Å². The van der Waals surface area contributed by atoms with Crippen molar-refractivity contribution in [3.8, 4) is 0 Å². The third kappa shape index (κ3) is 25.8. The molecule has 3 unspecified atom stereocenters. The highest BCUT2D eigenvalue weighted by molar-refractivity contribution is 8.13. The van der Waals surface area contributed by atoms with Gasteiger partial charge in [0.15, 0.2) is 0 Å². The van der Waals surface area contributed by atoms with Crippen LogP contribution in [0.3, 0.4) is 0 Å². The Morgan fingerprint density at radius 1 is 0.543 bits per heavy atom. The average Bonchev–Trinajstić information content (AvgIpc) is 3.02. The predicted molar refractivity (Wildman–Crippen MR) is 197 cm³/mol. The summed E-state index contributed by atoms with van der Waals surface area (Å²) in [5.74, 6) is -0.283. The highest BCUT2D eigenvalue weighted by Crippen LogP contribution is 2.20. The van der Waals surface area contributed by atoms with Crippen LogP contribution in [-0.2, 0) is 19.1 Å². The van der Waals surface area contributed by atoms with E-state index >= 15 is 0 Å². The van der Waals surface area contributed by atoms with Gasteiger partial charge in [-0.1, -0.05) is 129 Å². The fourth-order valence-corrected chi connectivity index (χ4v) is 6.44. The summed E-state index contributed by atoms with van der Waals surface area (Å²) >= 11 is 1.15. The summed E-state index contributed by atoms with van der Waals surface area (Å²) < 4.78 is 12.0. The van der Waals surface area contributed by atoms with Crippen molar-refractivity contribution >= 4 is 28.9 Å². The molecule has 0 aliphatic heterocycles. The van der Waals surface area contributed by atoms with E-state index in [1.165, 1.54) is 56.3 Å². The molecular weight excluding hydrogens is 596 g/mol. The third-order valence-corrected chi connectivity index (χ3v) is 10.00. The molecule has 0 saturated carbocycles. The van der Waals surface area contributed by atoms with E-state index in [0.717, 1.165) is 102 Å². The first kappa shape index (κ1) is 44.7. The lowest BCUT2D eigenvalue weighted by atomic mass is 10.0. The smallest absolute Gasteiger partial charge is 0.325 e. The molecule has 272 valence electrons. The molecule has 0 aliphatic rings. The van der Waals surface area contributed by atoms with Crippen LogP contribution in [0.25, 0.3) is 0 Å². The molecule has 8 heteroatoms. The van der Waals surface area contributed by atoms with Gasteiger partial charge in [0.1, 0.15) is 25.3 Å².